The first-order valence-corrected chi connectivity index (χ1v) is 5.24. The quantitative estimate of drug-likeness (QED) is 0.811. The Morgan fingerprint density at radius 1 is 1.47 bits per heavy atom. The van der Waals surface area contributed by atoms with Gasteiger partial charge in [0.05, 0.1) is 6.10 Å². The highest BCUT2D eigenvalue weighted by Crippen LogP contribution is 2.31. The van der Waals surface area contributed by atoms with Gasteiger partial charge in [-0.1, -0.05) is 25.1 Å². The van der Waals surface area contributed by atoms with Gasteiger partial charge >= 0.3 is 0 Å². The Kier molecular flexibility index (Phi) is 3.03. The molecule has 1 aliphatic heterocycles. The van der Waals surface area contributed by atoms with Crippen molar-refractivity contribution in [3.05, 3.63) is 35.6 Å². The summed E-state index contributed by atoms with van der Waals surface area (Å²) in [5, 5.41) is 10.0. The Hall–Kier alpha value is -0.930. The summed E-state index contributed by atoms with van der Waals surface area (Å²) in [6, 6.07) is 6.30. The molecule has 1 heterocycles. The molecule has 0 radical (unpaired) electrons. The van der Waals surface area contributed by atoms with Gasteiger partial charge in [0.25, 0.3) is 0 Å². The molecule has 82 valence electrons. The van der Waals surface area contributed by atoms with E-state index >= 15 is 0 Å². The van der Waals surface area contributed by atoms with Crippen molar-refractivity contribution in [1.82, 2.24) is 0 Å². The first-order chi connectivity index (χ1) is 7.20. The molecule has 1 aromatic carbocycles. The summed E-state index contributed by atoms with van der Waals surface area (Å²) in [5.74, 6) is -0.0905. The van der Waals surface area contributed by atoms with Crippen LogP contribution in [-0.4, -0.2) is 17.8 Å². The molecule has 1 aromatic rings. The third kappa shape index (κ3) is 2.03. The van der Waals surface area contributed by atoms with E-state index in [2.05, 4.69) is 0 Å². The van der Waals surface area contributed by atoms with Crippen molar-refractivity contribution in [1.29, 1.82) is 0 Å². The van der Waals surface area contributed by atoms with Crippen LogP contribution < -0.4 is 0 Å². The number of aliphatic hydroxyl groups is 1. The Labute approximate surface area is 88.7 Å². The standard InChI is InChI=1S/C12H15FO2/c1-8-6-7-15-12(8)11(14)9-4-2-3-5-10(9)13/h2-5,8,11-12,14H,6-7H2,1H3. The van der Waals surface area contributed by atoms with Crippen molar-refractivity contribution in [2.24, 2.45) is 5.92 Å². The molecule has 0 bridgehead atoms. The fourth-order valence-electron chi connectivity index (χ4n) is 2.01. The average molecular weight is 210 g/mol. The lowest BCUT2D eigenvalue weighted by molar-refractivity contribution is -0.0193. The summed E-state index contributed by atoms with van der Waals surface area (Å²) in [6.45, 7) is 2.67. The zero-order valence-corrected chi connectivity index (χ0v) is 8.69. The highest BCUT2D eigenvalue weighted by molar-refractivity contribution is 5.21. The Bertz CT molecular complexity index is 340. The van der Waals surface area contributed by atoms with Gasteiger partial charge in [0, 0.05) is 12.2 Å². The van der Waals surface area contributed by atoms with E-state index in [-0.39, 0.29) is 17.8 Å². The summed E-state index contributed by atoms with van der Waals surface area (Å²) in [5.41, 5.74) is 0.330. The Morgan fingerprint density at radius 2 is 2.20 bits per heavy atom. The Morgan fingerprint density at radius 3 is 2.80 bits per heavy atom. The maximum Gasteiger partial charge on any atom is 0.129 e. The molecule has 0 saturated carbocycles. The number of hydrogen-bond acceptors (Lipinski definition) is 2. The fourth-order valence-corrected chi connectivity index (χ4v) is 2.01. The number of halogens is 1. The Balaban J connectivity index is 2.20. The number of rotatable bonds is 2. The molecule has 0 aromatic heterocycles. The summed E-state index contributed by atoms with van der Waals surface area (Å²) < 4.78 is 18.8. The minimum atomic E-state index is -0.858. The van der Waals surface area contributed by atoms with Crippen molar-refractivity contribution < 1.29 is 14.2 Å². The third-order valence-electron chi connectivity index (χ3n) is 2.98. The molecular weight excluding hydrogens is 195 g/mol. The molecule has 0 spiro atoms. The van der Waals surface area contributed by atoms with E-state index < -0.39 is 6.10 Å². The topological polar surface area (TPSA) is 29.5 Å². The number of aliphatic hydroxyl groups excluding tert-OH is 1. The molecule has 1 N–H and O–H groups in total. The molecule has 15 heavy (non-hydrogen) atoms. The van der Waals surface area contributed by atoms with Gasteiger partial charge in [-0.25, -0.2) is 4.39 Å². The van der Waals surface area contributed by atoms with Gasteiger partial charge < -0.3 is 9.84 Å². The summed E-state index contributed by atoms with van der Waals surface area (Å²) >= 11 is 0. The molecular formula is C12H15FO2. The minimum Gasteiger partial charge on any atom is -0.386 e. The average Bonchev–Trinajstić information content (AvgIpc) is 2.64. The second kappa shape index (κ2) is 4.29. The van der Waals surface area contributed by atoms with Crippen LogP contribution in [0, 0.1) is 11.7 Å². The van der Waals surface area contributed by atoms with E-state index in [0.29, 0.717) is 12.2 Å². The highest BCUT2D eigenvalue weighted by atomic mass is 19.1. The molecule has 1 saturated heterocycles. The maximum atomic E-state index is 13.4. The van der Waals surface area contributed by atoms with Gasteiger partial charge in [-0.3, -0.25) is 0 Å². The van der Waals surface area contributed by atoms with Crippen LogP contribution in [0.5, 0.6) is 0 Å². The van der Waals surface area contributed by atoms with Crippen LogP contribution >= 0.6 is 0 Å². The van der Waals surface area contributed by atoms with Crippen LogP contribution in [0.15, 0.2) is 24.3 Å². The van der Waals surface area contributed by atoms with Crippen LogP contribution in [-0.2, 0) is 4.74 Å². The molecule has 2 rings (SSSR count). The second-order valence-electron chi connectivity index (χ2n) is 4.07. The molecule has 3 atom stereocenters. The van der Waals surface area contributed by atoms with Crippen LogP contribution in [0.25, 0.3) is 0 Å². The van der Waals surface area contributed by atoms with Crippen LogP contribution in [0.1, 0.15) is 25.0 Å². The van der Waals surface area contributed by atoms with Gasteiger partial charge in [0.1, 0.15) is 11.9 Å². The van der Waals surface area contributed by atoms with E-state index in [1.807, 2.05) is 6.92 Å². The lowest BCUT2D eigenvalue weighted by Gasteiger charge is -2.21. The van der Waals surface area contributed by atoms with Gasteiger partial charge in [-0.15, -0.1) is 0 Å². The predicted molar refractivity (Wildman–Crippen MR) is 54.9 cm³/mol. The van der Waals surface area contributed by atoms with Gasteiger partial charge in [0.15, 0.2) is 0 Å². The van der Waals surface area contributed by atoms with Crippen molar-refractivity contribution in [3.63, 3.8) is 0 Å². The smallest absolute Gasteiger partial charge is 0.129 e. The molecule has 1 aliphatic rings. The van der Waals surface area contributed by atoms with E-state index in [1.54, 1.807) is 18.2 Å². The van der Waals surface area contributed by atoms with Crippen LogP contribution in [0.2, 0.25) is 0 Å². The van der Waals surface area contributed by atoms with Crippen molar-refractivity contribution in [3.8, 4) is 0 Å². The van der Waals surface area contributed by atoms with E-state index in [9.17, 15) is 9.50 Å². The predicted octanol–water partition coefficient (Wildman–Crippen LogP) is 2.28. The summed E-state index contributed by atoms with van der Waals surface area (Å²) in [6.07, 6.45) is -0.207. The third-order valence-corrected chi connectivity index (χ3v) is 2.98. The van der Waals surface area contributed by atoms with Gasteiger partial charge in [0.2, 0.25) is 0 Å². The van der Waals surface area contributed by atoms with Gasteiger partial charge in [-0.05, 0) is 18.4 Å². The first-order valence-electron chi connectivity index (χ1n) is 5.24. The monoisotopic (exact) mass is 210 g/mol. The van der Waals surface area contributed by atoms with E-state index in [1.165, 1.54) is 6.07 Å². The van der Waals surface area contributed by atoms with Crippen LogP contribution in [0.3, 0.4) is 0 Å². The van der Waals surface area contributed by atoms with Gasteiger partial charge in [-0.2, -0.15) is 0 Å². The summed E-state index contributed by atoms with van der Waals surface area (Å²) in [4.78, 5) is 0. The van der Waals surface area contributed by atoms with Crippen LogP contribution in [0.4, 0.5) is 4.39 Å². The normalized spacial score (nSPS) is 27.9. The number of benzene rings is 1. The molecule has 0 aliphatic carbocycles. The van der Waals surface area contributed by atoms with E-state index in [0.717, 1.165) is 6.42 Å². The van der Waals surface area contributed by atoms with E-state index in [4.69, 9.17) is 4.74 Å². The van der Waals surface area contributed by atoms with Crippen molar-refractivity contribution in [2.45, 2.75) is 25.6 Å². The lowest BCUT2D eigenvalue weighted by atomic mass is 9.94. The van der Waals surface area contributed by atoms with Crippen molar-refractivity contribution >= 4 is 0 Å². The molecule has 2 nitrogen and oxygen atoms in total. The minimum absolute atomic E-state index is 0.276. The number of hydrogen-bond donors (Lipinski definition) is 1. The zero-order chi connectivity index (χ0) is 10.8. The molecule has 3 heteroatoms. The number of ether oxygens (including phenoxy) is 1. The second-order valence-corrected chi connectivity index (χ2v) is 4.07. The highest BCUT2D eigenvalue weighted by Gasteiger charge is 2.32. The molecule has 0 amide bonds. The maximum absolute atomic E-state index is 13.4. The van der Waals surface area contributed by atoms with Crippen molar-refractivity contribution in [2.75, 3.05) is 6.61 Å². The largest absolute Gasteiger partial charge is 0.386 e. The first kappa shape index (κ1) is 10.6. The summed E-state index contributed by atoms with van der Waals surface area (Å²) in [7, 11) is 0. The fraction of sp³-hybridized carbons (Fsp3) is 0.500. The molecule has 3 unspecified atom stereocenters. The lowest BCUT2D eigenvalue weighted by Crippen LogP contribution is -2.23. The SMILES string of the molecule is CC1CCOC1C(O)c1ccccc1F. The molecule has 1 fully saturated rings. The zero-order valence-electron chi connectivity index (χ0n) is 8.69.